The number of phosphoric acid groups is 1. The normalized spacial score (nSPS) is 13.6. The molecular weight excluding hydrogens is 1130 g/mol. The van der Waals surface area contributed by atoms with Gasteiger partial charge in [0.25, 0.3) is 7.82 Å². The van der Waals surface area contributed by atoms with Crippen molar-refractivity contribution in [3.8, 4) is 0 Å². The van der Waals surface area contributed by atoms with Crippen LogP contribution in [0.1, 0.15) is 348 Å². The summed E-state index contributed by atoms with van der Waals surface area (Å²) in [6, 6.07) is 0. The molecule has 0 amide bonds. The first kappa shape index (κ1) is 86.9. The number of quaternary nitrogens is 1. The summed E-state index contributed by atoms with van der Waals surface area (Å²) in [7, 11) is 1.14. The van der Waals surface area contributed by atoms with E-state index >= 15 is 0 Å². The predicted molar refractivity (Wildman–Crippen MR) is 388 cm³/mol. The second kappa shape index (κ2) is 70.3. The van der Waals surface area contributed by atoms with Gasteiger partial charge in [0.15, 0.2) is 6.10 Å². The molecule has 0 saturated heterocycles. The Bertz CT molecular complexity index is 1840. The largest absolute Gasteiger partial charge is 0.756 e. The number of likely N-dealkylation sites (N-methyl/N-ethyl adjacent to an activating group) is 1. The SMILES string of the molecule is CC/C=C\C/C=C\C/C=C\C/C=C\C/C=C\C/C=C\C/C=C\CCCCCC(=O)OC(COC(=O)CCCCCCCCCCCCCCCCCCCCCCCCCCCCCCC/C=C\CCCCCCCCCC)COP(=O)([O-])OCC[N+](C)(C)C. The third kappa shape index (κ3) is 74.0. The Morgan fingerprint density at radius 2 is 0.633 bits per heavy atom. The van der Waals surface area contributed by atoms with Crippen LogP contribution >= 0.6 is 7.82 Å². The minimum absolute atomic E-state index is 0.0410. The van der Waals surface area contributed by atoms with Gasteiger partial charge in [0, 0.05) is 12.8 Å². The van der Waals surface area contributed by atoms with E-state index in [1.807, 2.05) is 21.1 Å². The van der Waals surface area contributed by atoms with Gasteiger partial charge >= 0.3 is 11.9 Å². The zero-order valence-electron chi connectivity index (χ0n) is 59.6. The van der Waals surface area contributed by atoms with Crippen LogP contribution in [0, 0.1) is 0 Å². The Hall–Kier alpha value is -3.07. The molecule has 522 valence electrons. The summed E-state index contributed by atoms with van der Waals surface area (Å²) in [4.78, 5) is 38.1. The second-order valence-corrected chi connectivity index (χ2v) is 28.0. The van der Waals surface area contributed by atoms with Crippen LogP contribution in [-0.4, -0.2) is 70.0 Å². The molecule has 0 aliphatic carbocycles. The maximum absolute atomic E-state index is 12.8. The summed E-state index contributed by atoms with van der Waals surface area (Å²) in [5.41, 5.74) is 0. The van der Waals surface area contributed by atoms with E-state index in [-0.39, 0.29) is 32.0 Å². The third-order valence-electron chi connectivity index (χ3n) is 16.6. The van der Waals surface area contributed by atoms with E-state index in [1.165, 1.54) is 231 Å². The Labute approximate surface area is 557 Å². The van der Waals surface area contributed by atoms with Crippen LogP contribution in [-0.2, 0) is 32.7 Å². The van der Waals surface area contributed by atoms with Gasteiger partial charge in [-0.25, -0.2) is 0 Å². The molecule has 0 N–H and O–H groups in total. The highest BCUT2D eigenvalue weighted by molar-refractivity contribution is 7.45. The number of esters is 2. The quantitative estimate of drug-likeness (QED) is 0.0195. The lowest BCUT2D eigenvalue weighted by atomic mass is 10.0. The van der Waals surface area contributed by atoms with Crippen molar-refractivity contribution in [1.82, 2.24) is 0 Å². The number of carbonyl (C=O) groups excluding carboxylic acids is 2. The van der Waals surface area contributed by atoms with Crippen LogP contribution in [0.5, 0.6) is 0 Å². The highest BCUT2D eigenvalue weighted by Crippen LogP contribution is 2.38. The molecule has 0 aliphatic rings. The lowest BCUT2D eigenvalue weighted by molar-refractivity contribution is -0.870. The fourth-order valence-electron chi connectivity index (χ4n) is 10.8. The fraction of sp³-hybridized carbons (Fsp3) is 0.775. The first-order chi connectivity index (χ1) is 44.0. The highest BCUT2D eigenvalue weighted by atomic mass is 31.2. The number of carbonyl (C=O) groups is 2. The van der Waals surface area contributed by atoms with Gasteiger partial charge in [-0.15, -0.1) is 0 Å². The molecule has 90 heavy (non-hydrogen) atoms. The van der Waals surface area contributed by atoms with Crippen molar-refractivity contribution in [3.05, 3.63) is 97.2 Å². The number of rotatable bonds is 70. The molecule has 0 aromatic heterocycles. The van der Waals surface area contributed by atoms with Gasteiger partial charge in [-0.05, 0) is 96.3 Å². The number of phosphoric ester groups is 1. The van der Waals surface area contributed by atoms with Crippen LogP contribution in [0.15, 0.2) is 97.2 Å². The maximum atomic E-state index is 12.8. The zero-order valence-corrected chi connectivity index (χ0v) is 60.5. The molecule has 0 bridgehead atoms. The fourth-order valence-corrected chi connectivity index (χ4v) is 11.5. The summed E-state index contributed by atoms with van der Waals surface area (Å²) in [6.45, 7) is 4.12. The maximum Gasteiger partial charge on any atom is 0.306 e. The van der Waals surface area contributed by atoms with Crippen molar-refractivity contribution in [1.29, 1.82) is 0 Å². The molecule has 0 spiro atoms. The molecule has 0 aromatic carbocycles. The van der Waals surface area contributed by atoms with E-state index < -0.39 is 26.5 Å². The summed E-state index contributed by atoms with van der Waals surface area (Å²) in [5.74, 6) is -0.865. The number of allylic oxidation sites excluding steroid dienone is 16. The molecule has 0 heterocycles. The summed E-state index contributed by atoms with van der Waals surface area (Å²) < 4.78 is 34.3. The lowest BCUT2D eigenvalue weighted by Gasteiger charge is -2.28. The van der Waals surface area contributed by atoms with Crippen LogP contribution in [0.4, 0.5) is 0 Å². The summed E-state index contributed by atoms with van der Waals surface area (Å²) in [6.07, 6.45) is 98.2. The van der Waals surface area contributed by atoms with E-state index in [2.05, 4.69) is 111 Å². The average Bonchev–Trinajstić information content (AvgIpc) is 3.58. The molecular formula is C80H144NO8P. The van der Waals surface area contributed by atoms with Crippen molar-refractivity contribution in [2.75, 3.05) is 47.5 Å². The molecule has 0 aliphatic heterocycles. The van der Waals surface area contributed by atoms with Gasteiger partial charge < -0.3 is 27.9 Å². The van der Waals surface area contributed by atoms with Crippen molar-refractivity contribution in [2.45, 2.75) is 354 Å². The monoisotopic (exact) mass is 1280 g/mol. The number of hydrogen-bond acceptors (Lipinski definition) is 8. The van der Waals surface area contributed by atoms with Gasteiger partial charge in [-0.2, -0.15) is 0 Å². The van der Waals surface area contributed by atoms with Crippen LogP contribution in [0.25, 0.3) is 0 Å². The van der Waals surface area contributed by atoms with Crippen molar-refractivity contribution in [2.24, 2.45) is 0 Å². The molecule has 9 nitrogen and oxygen atoms in total. The topological polar surface area (TPSA) is 111 Å². The van der Waals surface area contributed by atoms with Crippen LogP contribution < -0.4 is 4.89 Å². The van der Waals surface area contributed by atoms with Gasteiger partial charge in [0.05, 0.1) is 27.7 Å². The lowest BCUT2D eigenvalue weighted by Crippen LogP contribution is -2.37. The molecule has 0 aromatic rings. The number of hydrogen-bond donors (Lipinski definition) is 0. The highest BCUT2D eigenvalue weighted by Gasteiger charge is 2.22. The van der Waals surface area contributed by atoms with Crippen molar-refractivity contribution >= 4 is 19.8 Å². The van der Waals surface area contributed by atoms with E-state index in [0.29, 0.717) is 17.4 Å². The molecule has 0 rings (SSSR count). The Balaban J connectivity index is 3.95. The smallest absolute Gasteiger partial charge is 0.306 e. The zero-order chi connectivity index (χ0) is 65.5. The minimum atomic E-state index is -4.66. The van der Waals surface area contributed by atoms with Crippen LogP contribution in [0.2, 0.25) is 0 Å². The van der Waals surface area contributed by atoms with E-state index in [9.17, 15) is 19.0 Å². The van der Waals surface area contributed by atoms with E-state index in [1.54, 1.807) is 0 Å². The first-order valence-corrected chi connectivity index (χ1v) is 39.4. The molecule has 2 unspecified atom stereocenters. The minimum Gasteiger partial charge on any atom is -0.756 e. The molecule has 0 fully saturated rings. The second-order valence-electron chi connectivity index (χ2n) is 26.6. The standard InChI is InChI=1S/C80H144NO8P/c1-6-8-10-12-14-16-18-20-22-24-26-28-30-32-33-34-35-36-37-38-39-40-41-42-43-44-45-46-47-49-50-52-54-56-58-60-62-64-66-68-70-72-79(82)86-76-78(77-88-90(84,85)87-75-74-81(3,4)5)89-80(83)73-71-69-67-65-63-61-59-57-55-53-51-48-31-29-27-25-23-21-19-17-15-13-11-9-7-2/h9,11,15,17,21,23-24,26-27,29,48,51,55,57,61,63,78H,6-8,10,12-14,16,18-20,22,25,28,30-47,49-50,52-54,56,58-60,62,64-77H2,1-5H3/b11-9-,17-15-,23-21-,26-24-,29-27-,51-48-,57-55-,63-61-. The number of unbranched alkanes of at least 4 members (excludes halogenated alkanes) is 40. The molecule has 2 atom stereocenters. The Morgan fingerprint density at radius 1 is 0.356 bits per heavy atom. The van der Waals surface area contributed by atoms with Gasteiger partial charge in [-0.1, -0.05) is 336 Å². The first-order valence-electron chi connectivity index (χ1n) is 37.9. The number of nitrogens with zero attached hydrogens (tertiary/aromatic N) is 1. The van der Waals surface area contributed by atoms with Gasteiger partial charge in [-0.3, -0.25) is 14.2 Å². The molecule has 0 saturated carbocycles. The van der Waals surface area contributed by atoms with Crippen molar-refractivity contribution in [3.63, 3.8) is 0 Å². The Kier molecular flexibility index (Phi) is 67.9. The van der Waals surface area contributed by atoms with E-state index in [4.69, 9.17) is 18.5 Å². The van der Waals surface area contributed by atoms with Gasteiger partial charge in [0.2, 0.25) is 0 Å². The average molecular weight is 1280 g/mol. The Morgan fingerprint density at radius 3 is 0.967 bits per heavy atom. The summed E-state index contributed by atoms with van der Waals surface area (Å²) >= 11 is 0. The van der Waals surface area contributed by atoms with Crippen molar-refractivity contribution < 1.29 is 42.1 Å². The summed E-state index contributed by atoms with van der Waals surface area (Å²) in [5, 5.41) is 0. The van der Waals surface area contributed by atoms with Gasteiger partial charge in [0.1, 0.15) is 19.8 Å². The molecule has 0 radical (unpaired) electrons. The molecule has 10 heteroatoms. The third-order valence-corrected chi connectivity index (χ3v) is 17.6. The number of ether oxygens (including phenoxy) is 2. The van der Waals surface area contributed by atoms with E-state index in [0.717, 1.165) is 83.5 Å². The predicted octanol–water partition coefficient (Wildman–Crippen LogP) is 24.4. The van der Waals surface area contributed by atoms with Crippen LogP contribution in [0.3, 0.4) is 0 Å².